The fraction of sp³-hybridized carbons (Fsp3) is 0.138. The smallest absolute Gasteiger partial charge is 0.170 e. The Bertz CT molecular complexity index is 1660. The monoisotopic (exact) mass is 473 g/mol. The number of nitrogens with two attached hydrogens (primary N) is 1. The zero-order chi connectivity index (χ0) is 23.4. The number of nitrogens with zero attached hydrogens (tertiary/aromatic N) is 4. The van der Waals surface area contributed by atoms with Gasteiger partial charge in [0.1, 0.15) is 0 Å². The van der Waals surface area contributed by atoms with Crippen LogP contribution in [0.25, 0.3) is 50.3 Å². The molecular formula is C29H23N5S. The molecule has 4 heterocycles. The number of rotatable bonds is 4. The van der Waals surface area contributed by atoms with Crippen molar-refractivity contribution < 1.29 is 0 Å². The summed E-state index contributed by atoms with van der Waals surface area (Å²) in [6.45, 7) is 0. The molecule has 0 spiro atoms. The lowest BCUT2D eigenvalue weighted by molar-refractivity contribution is 0.253. The lowest BCUT2D eigenvalue weighted by atomic mass is 9.72. The summed E-state index contributed by atoms with van der Waals surface area (Å²) in [5.41, 5.74) is 14.6. The number of pyridine rings is 2. The summed E-state index contributed by atoms with van der Waals surface area (Å²) in [5.74, 6) is 0.843. The summed E-state index contributed by atoms with van der Waals surface area (Å²) in [4.78, 5) is 5.16. The molecular weight excluding hydrogens is 450 g/mol. The molecule has 6 heteroatoms. The van der Waals surface area contributed by atoms with E-state index in [1.54, 1.807) is 11.3 Å². The van der Waals surface area contributed by atoms with Gasteiger partial charge in [-0.2, -0.15) is 11.3 Å². The van der Waals surface area contributed by atoms with Gasteiger partial charge in [0.05, 0.1) is 11.2 Å². The van der Waals surface area contributed by atoms with Gasteiger partial charge in [0, 0.05) is 39.2 Å². The molecule has 170 valence electrons. The van der Waals surface area contributed by atoms with Crippen molar-refractivity contribution in [1.29, 1.82) is 0 Å². The molecule has 1 aliphatic rings. The molecule has 0 amide bonds. The summed E-state index contributed by atoms with van der Waals surface area (Å²) in [7, 11) is 0. The summed E-state index contributed by atoms with van der Waals surface area (Å²) in [6.07, 6.45) is 5.32. The molecule has 4 aromatic heterocycles. The number of thiophene rings is 1. The zero-order valence-corrected chi connectivity index (χ0v) is 19.9. The van der Waals surface area contributed by atoms with E-state index in [0.717, 1.165) is 63.2 Å². The van der Waals surface area contributed by atoms with Crippen LogP contribution < -0.4 is 5.73 Å². The Hall–Kier alpha value is -3.87. The van der Waals surface area contributed by atoms with Crippen molar-refractivity contribution in [1.82, 2.24) is 19.6 Å². The maximum absolute atomic E-state index is 6.57. The molecule has 0 atom stereocenters. The number of benzene rings is 2. The highest BCUT2D eigenvalue weighted by Crippen LogP contribution is 2.40. The number of hydrogen-bond donors (Lipinski definition) is 1. The number of fused-ring (bicyclic) bond motifs is 3. The van der Waals surface area contributed by atoms with Gasteiger partial charge in [-0.25, -0.2) is 4.98 Å². The molecule has 0 aliphatic heterocycles. The normalized spacial score (nSPS) is 14.9. The van der Waals surface area contributed by atoms with Gasteiger partial charge in [0.2, 0.25) is 0 Å². The fourth-order valence-corrected chi connectivity index (χ4v) is 5.68. The van der Waals surface area contributed by atoms with Crippen molar-refractivity contribution in [3.05, 3.63) is 95.3 Å². The first-order valence-electron chi connectivity index (χ1n) is 11.9. The van der Waals surface area contributed by atoms with Gasteiger partial charge < -0.3 is 5.73 Å². The molecule has 0 radical (unpaired) electrons. The van der Waals surface area contributed by atoms with E-state index in [9.17, 15) is 0 Å². The Kier molecular flexibility index (Phi) is 4.59. The molecule has 5 nitrogen and oxygen atoms in total. The molecule has 2 aromatic carbocycles. The van der Waals surface area contributed by atoms with E-state index in [2.05, 4.69) is 92.1 Å². The van der Waals surface area contributed by atoms with Gasteiger partial charge in [-0.15, -0.1) is 10.2 Å². The first-order chi connectivity index (χ1) is 17.2. The predicted octanol–water partition coefficient (Wildman–Crippen LogP) is 6.68. The second-order valence-electron chi connectivity index (χ2n) is 9.32. The highest BCUT2D eigenvalue weighted by Gasteiger charge is 2.34. The van der Waals surface area contributed by atoms with Gasteiger partial charge in [0.15, 0.2) is 11.5 Å². The van der Waals surface area contributed by atoms with Gasteiger partial charge in [-0.3, -0.25) is 4.40 Å². The van der Waals surface area contributed by atoms with Crippen LogP contribution in [0.3, 0.4) is 0 Å². The largest absolute Gasteiger partial charge is 0.321 e. The van der Waals surface area contributed by atoms with E-state index in [0.29, 0.717) is 0 Å². The van der Waals surface area contributed by atoms with E-state index in [1.165, 1.54) is 12.0 Å². The topological polar surface area (TPSA) is 69.1 Å². The van der Waals surface area contributed by atoms with Crippen molar-refractivity contribution in [2.75, 3.05) is 0 Å². The molecule has 6 aromatic rings. The van der Waals surface area contributed by atoms with Crippen LogP contribution in [-0.4, -0.2) is 19.6 Å². The maximum atomic E-state index is 6.57. The van der Waals surface area contributed by atoms with Crippen LogP contribution in [0.1, 0.15) is 24.8 Å². The van der Waals surface area contributed by atoms with Crippen LogP contribution in [-0.2, 0) is 5.54 Å². The molecule has 1 aliphatic carbocycles. The Morgan fingerprint density at radius 3 is 2.40 bits per heavy atom. The third kappa shape index (κ3) is 3.29. The third-order valence-electron chi connectivity index (χ3n) is 7.21. The maximum Gasteiger partial charge on any atom is 0.170 e. The molecule has 1 fully saturated rings. The van der Waals surface area contributed by atoms with Crippen LogP contribution in [0.5, 0.6) is 0 Å². The zero-order valence-electron chi connectivity index (χ0n) is 19.1. The Labute approximate surface area is 206 Å². The predicted molar refractivity (Wildman–Crippen MR) is 142 cm³/mol. The number of aromatic nitrogens is 4. The van der Waals surface area contributed by atoms with Gasteiger partial charge in [-0.1, -0.05) is 54.6 Å². The Morgan fingerprint density at radius 2 is 1.69 bits per heavy atom. The highest BCUT2D eigenvalue weighted by atomic mass is 32.1. The summed E-state index contributed by atoms with van der Waals surface area (Å²) in [5, 5.41) is 14.2. The molecule has 7 rings (SSSR count). The SMILES string of the molecule is NC1(c2ccc(-c3nc4ccn5c(-c6ccsc6)nnc5c4cc3-c3ccccc3)cc2)CCC1. The molecule has 2 N–H and O–H groups in total. The van der Waals surface area contributed by atoms with Gasteiger partial charge >= 0.3 is 0 Å². The fourth-order valence-electron chi connectivity index (χ4n) is 5.05. The van der Waals surface area contributed by atoms with Crippen molar-refractivity contribution in [3.63, 3.8) is 0 Å². The number of hydrogen-bond acceptors (Lipinski definition) is 5. The van der Waals surface area contributed by atoms with Crippen molar-refractivity contribution in [3.8, 4) is 33.8 Å². The lowest BCUT2D eigenvalue weighted by Crippen LogP contribution is -2.43. The summed E-state index contributed by atoms with van der Waals surface area (Å²) in [6, 6.07) is 25.4. The first-order valence-corrected chi connectivity index (χ1v) is 12.8. The minimum atomic E-state index is -0.170. The van der Waals surface area contributed by atoms with Crippen LogP contribution in [0.2, 0.25) is 0 Å². The Morgan fingerprint density at radius 1 is 0.857 bits per heavy atom. The second kappa shape index (κ2) is 7.83. The van der Waals surface area contributed by atoms with Crippen molar-refractivity contribution in [2.24, 2.45) is 5.73 Å². The quantitative estimate of drug-likeness (QED) is 0.310. The van der Waals surface area contributed by atoms with E-state index in [-0.39, 0.29) is 5.54 Å². The van der Waals surface area contributed by atoms with Crippen LogP contribution in [0.15, 0.2) is 89.8 Å². The first kappa shape index (κ1) is 20.5. The van der Waals surface area contributed by atoms with Crippen molar-refractivity contribution in [2.45, 2.75) is 24.8 Å². The minimum absolute atomic E-state index is 0.170. The summed E-state index contributed by atoms with van der Waals surface area (Å²) < 4.78 is 2.05. The highest BCUT2D eigenvalue weighted by molar-refractivity contribution is 7.08. The van der Waals surface area contributed by atoms with Crippen LogP contribution in [0.4, 0.5) is 0 Å². The van der Waals surface area contributed by atoms with Gasteiger partial charge in [0.25, 0.3) is 0 Å². The van der Waals surface area contributed by atoms with Gasteiger partial charge in [-0.05, 0) is 54.0 Å². The lowest BCUT2D eigenvalue weighted by Gasteiger charge is -2.38. The average Bonchev–Trinajstić information content (AvgIpc) is 3.57. The molecule has 0 saturated heterocycles. The summed E-state index contributed by atoms with van der Waals surface area (Å²) >= 11 is 1.66. The molecule has 0 unspecified atom stereocenters. The third-order valence-corrected chi connectivity index (χ3v) is 7.90. The Balaban J connectivity index is 1.43. The van der Waals surface area contributed by atoms with Crippen LogP contribution in [0, 0.1) is 0 Å². The molecule has 0 bridgehead atoms. The van der Waals surface area contributed by atoms with E-state index in [1.807, 2.05) is 12.3 Å². The van der Waals surface area contributed by atoms with E-state index >= 15 is 0 Å². The molecule has 35 heavy (non-hydrogen) atoms. The molecule has 1 saturated carbocycles. The van der Waals surface area contributed by atoms with Crippen molar-refractivity contribution >= 4 is 27.9 Å². The van der Waals surface area contributed by atoms with E-state index < -0.39 is 0 Å². The minimum Gasteiger partial charge on any atom is -0.321 e. The van der Waals surface area contributed by atoms with Crippen LogP contribution >= 0.6 is 11.3 Å². The standard InChI is InChI=1S/C29H23N5S/c30-29(13-4-14-29)22-9-7-20(8-10-22)26-23(19-5-2-1-3-6-19)17-24-25(31-26)11-15-34-27(32-33-28(24)34)21-12-16-35-18-21/h1-3,5-12,15-18H,4,13-14,30H2. The van der Waals surface area contributed by atoms with E-state index in [4.69, 9.17) is 10.7 Å². The second-order valence-corrected chi connectivity index (χ2v) is 10.1. The average molecular weight is 474 g/mol.